The average molecular weight is 298 g/mol. The molecular weight excluding hydrogens is 282 g/mol. The molecule has 108 valence electrons. The van der Waals surface area contributed by atoms with Gasteiger partial charge < -0.3 is 20.3 Å². The van der Waals surface area contributed by atoms with Crippen LogP contribution in [-0.4, -0.2) is 49.7 Å². The van der Waals surface area contributed by atoms with E-state index in [1.54, 1.807) is 29.2 Å². The van der Waals surface area contributed by atoms with Crippen molar-refractivity contribution >= 4 is 29.2 Å². The zero-order chi connectivity index (χ0) is 14.4. The standard InChI is InChI=1S/C13H16ClN3O3/c14-10-2-1-3-11(8-10)16-13(19)15-9-12(18)17-4-6-20-7-5-17/h1-3,8H,4-7,9H2,(H2,15,16,19). The number of hydrogen-bond acceptors (Lipinski definition) is 3. The van der Waals surface area contributed by atoms with Gasteiger partial charge in [0.15, 0.2) is 0 Å². The maximum atomic E-state index is 11.8. The van der Waals surface area contributed by atoms with Gasteiger partial charge in [-0.25, -0.2) is 4.79 Å². The number of nitrogens with one attached hydrogen (secondary N) is 2. The van der Waals surface area contributed by atoms with Gasteiger partial charge in [0.25, 0.3) is 0 Å². The summed E-state index contributed by atoms with van der Waals surface area (Å²) in [6, 6.07) is 6.36. The first-order valence-electron chi connectivity index (χ1n) is 6.31. The average Bonchev–Trinajstić information content (AvgIpc) is 2.46. The number of benzene rings is 1. The lowest BCUT2D eigenvalue weighted by Gasteiger charge is -2.26. The molecule has 0 atom stereocenters. The molecular formula is C13H16ClN3O3. The van der Waals surface area contributed by atoms with Crippen LogP contribution in [0.15, 0.2) is 24.3 Å². The maximum absolute atomic E-state index is 11.8. The zero-order valence-corrected chi connectivity index (χ0v) is 11.7. The predicted octanol–water partition coefficient (Wildman–Crippen LogP) is 1.32. The van der Waals surface area contributed by atoms with E-state index < -0.39 is 6.03 Å². The van der Waals surface area contributed by atoms with Crippen LogP contribution in [-0.2, 0) is 9.53 Å². The summed E-state index contributed by atoms with van der Waals surface area (Å²) in [6.45, 7) is 2.18. The minimum atomic E-state index is -0.436. The molecule has 1 aromatic rings. The Morgan fingerprint density at radius 2 is 2.05 bits per heavy atom. The Morgan fingerprint density at radius 3 is 2.75 bits per heavy atom. The van der Waals surface area contributed by atoms with Crippen LogP contribution < -0.4 is 10.6 Å². The molecule has 1 aliphatic rings. The Kier molecular flexibility index (Phi) is 5.20. The molecule has 20 heavy (non-hydrogen) atoms. The Balaban J connectivity index is 1.75. The second kappa shape index (κ2) is 7.12. The molecule has 2 rings (SSSR count). The number of anilines is 1. The first-order chi connectivity index (χ1) is 9.65. The van der Waals surface area contributed by atoms with Gasteiger partial charge in [0.05, 0.1) is 19.8 Å². The van der Waals surface area contributed by atoms with E-state index in [0.717, 1.165) is 0 Å². The first-order valence-corrected chi connectivity index (χ1v) is 6.69. The van der Waals surface area contributed by atoms with Gasteiger partial charge in [0.1, 0.15) is 0 Å². The Bertz CT molecular complexity index is 490. The highest BCUT2D eigenvalue weighted by atomic mass is 35.5. The lowest BCUT2D eigenvalue weighted by Crippen LogP contribution is -2.46. The Hall–Kier alpha value is -1.79. The van der Waals surface area contributed by atoms with E-state index >= 15 is 0 Å². The lowest BCUT2D eigenvalue weighted by molar-refractivity contribution is -0.134. The molecule has 2 N–H and O–H groups in total. The van der Waals surface area contributed by atoms with Gasteiger partial charge in [-0.05, 0) is 18.2 Å². The molecule has 1 heterocycles. The van der Waals surface area contributed by atoms with E-state index in [9.17, 15) is 9.59 Å². The highest BCUT2D eigenvalue weighted by molar-refractivity contribution is 6.30. The van der Waals surface area contributed by atoms with E-state index in [1.165, 1.54) is 0 Å². The fourth-order valence-corrected chi connectivity index (χ4v) is 2.01. The van der Waals surface area contributed by atoms with Crippen molar-refractivity contribution in [2.24, 2.45) is 0 Å². The topological polar surface area (TPSA) is 70.7 Å². The summed E-state index contributed by atoms with van der Waals surface area (Å²) in [5, 5.41) is 5.67. The molecule has 0 bridgehead atoms. The highest BCUT2D eigenvalue weighted by Gasteiger charge is 2.17. The van der Waals surface area contributed by atoms with Gasteiger partial charge in [0, 0.05) is 23.8 Å². The number of ether oxygens (including phenoxy) is 1. The summed E-state index contributed by atoms with van der Waals surface area (Å²) in [5.74, 6) is -0.116. The van der Waals surface area contributed by atoms with Gasteiger partial charge in [-0.15, -0.1) is 0 Å². The van der Waals surface area contributed by atoms with Crippen molar-refractivity contribution in [3.63, 3.8) is 0 Å². The number of halogens is 1. The van der Waals surface area contributed by atoms with Crippen molar-refractivity contribution in [3.8, 4) is 0 Å². The fraction of sp³-hybridized carbons (Fsp3) is 0.385. The van der Waals surface area contributed by atoms with E-state index in [2.05, 4.69) is 10.6 Å². The molecule has 1 aliphatic heterocycles. The summed E-state index contributed by atoms with van der Waals surface area (Å²) in [6.07, 6.45) is 0. The van der Waals surface area contributed by atoms with Crippen LogP contribution in [0.4, 0.5) is 10.5 Å². The molecule has 6 nitrogen and oxygen atoms in total. The molecule has 0 spiro atoms. The fourth-order valence-electron chi connectivity index (χ4n) is 1.82. The monoisotopic (exact) mass is 297 g/mol. The van der Waals surface area contributed by atoms with Crippen molar-refractivity contribution in [2.75, 3.05) is 38.2 Å². The predicted molar refractivity (Wildman–Crippen MR) is 75.9 cm³/mol. The third kappa shape index (κ3) is 4.40. The second-order valence-electron chi connectivity index (χ2n) is 4.31. The van der Waals surface area contributed by atoms with Crippen molar-refractivity contribution in [1.29, 1.82) is 0 Å². The molecule has 0 unspecified atom stereocenters. The SMILES string of the molecule is O=C(NCC(=O)N1CCOCC1)Nc1cccc(Cl)c1. The van der Waals surface area contributed by atoms with Crippen molar-refractivity contribution in [1.82, 2.24) is 10.2 Å². The molecule has 7 heteroatoms. The number of rotatable bonds is 3. The summed E-state index contributed by atoms with van der Waals surface area (Å²) < 4.78 is 5.16. The van der Waals surface area contributed by atoms with Crippen LogP contribution in [0.5, 0.6) is 0 Å². The number of amides is 3. The summed E-state index contributed by atoms with van der Waals surface area (Å²) in [7, 11) is 0. The zero-order valence-electron chi connectivity index (χ0n) is 10.9. The van der Waals surface area contributed by atoms with Crippen LogP contribution in [0.2, 0.25) is 5.02 Å². The van der Waals surface area contributed by atoms with Crippen LogP contribution in [0.3, 0.4) is 0 Å². The summed E-state index contributed by atoms with van der Waals surface area (Å²) in [4.78, 5) is 25.1. The van der Waals surface area contributed by atoms with Gasteiger partial charge >= 0.3 is 6.03 Å². The minimum absolute atomic E-state index is 0.0353. The summed E-state index contributed by atoms with van der Waals surface area (Å²) in [5.41, 5.74) is 0.578. The number of carbonyl (C=O) groups excluding carboxylic acids is 2. The Morgan fingerprint density at radius 1 is 1.30 bits per heavy atom. The normalized spacial score (nSPS) is 14.8. The molecule has 1 saturated heterocycles. The van der Waals surface area contributed by atoms with Crippen LogP contribution >= 0.6 is 11.6 Å². The van der Waals surface area contributed by atoms with Gasteiger partial charge in [-0.2, -0.15) is 0 Å². The molecule has 1 fully saturated rings. The van der Waals surface area contributed by atoms with Crippen molar-refractivity contribution in [3.05, 3.63) is 29.3 Å². The smallest absolute Gasteiger partial charge is 0.319 e. The molecule has 1 aromatic carbocycles. The lowest BCUT2D eigenvalue weighted by atomic mass is 10.3. The van der Waals surface area contributed by atoms with E-state index in [0.29, 0.717) is 37.0 Å². The number of urea groups is 1. The number of hydrogen-bond donors (Lipinski definition) is 2. The van der Waals surface area contributed by atoms with Crippen LogP contribution in [0.1, 0.15) is 0 Å². The first kappa shape index (κ1) is 14.6. The molecule has 3 amide bonds. The number of morpholine rings is 1. The van der Waals surface area contributed by atoms with E-state index in [1.807, 2.05) is 0 Å². The Labute approximate surface area is 122 Å². The summed E-state index contributed by atoms with van der Waals surface area (Å²) >= 11 is 5.81. The highest BCUT2D eigenvalue weighted by Crippen LogP contribution is 2.14. The maximum Gasteiger partial charge on any atom is 0.319 e. The third-order valence-corrected chi connectivity index (χ3v) is 3.08. The van der Waals surface area contributed by atoms with Crippen LogP contribution in [0.25, 0.3) is 0 Å². The van der Waals surface area contributed by atoms with Gasteiger partial charge in [-0.3, -0.25) is 4.79 Å². The van der Waals surface area contributed by atoms with Crippen molar-refractivity contribution < 1.29 is 14.3 Å². The largest absolute Gasteiger partial charge is 0.378 e. The minimum Gasteiger partial charge on any atom is -0.378 e. The molecule has 0 radical (unpaired) electrons. The molecule has 0 saturated carbocycles. The van der Waals surface area contributed by atoms with Gasteiger partial charge in [-0.1, -0.05) is 17.7 Å². The van der Waals surface area contributed by atoms with Gasteiger partial charge in [0.2, 0.25) is 5.91 Å². The number of carbonyl (C=O) groups is 2. The van der Waals surface area contributed by atoms with Crippen molar-refractivity contribution in [2.45, 2.75) is 0 Å². The van der Waals surface area contributed by atoms with E-state index in [-0.39, 0.29) is 12.5 Å². The van der Waals surface area contributed by atoms with E-state index in [4.69, 9.17) is 16.3 Å². The second-order valence-corrected chi connectivity index (χ2v) is 4.75. The molecule has 0 aliphatic carbocycles. The number of nitrogens with zero attached hydrogens (tertiary/aromatic N) is 1. The molecule has 0 aromatic heterocycles. The quantitative estimate of drug-likeness (QED) is 0.884. The third-order valence-electron chi connectivity index (χ3n) is 2.85. The van der Waals surface area contributed by atoms with Crippen LogP contribution in [0, 0.1) is 0 Å².